The lowest BCUT2D eigenvalue weighted by molar-refractivity contribution is -0.387. The highest BCUT2D eigenvalue weighted by Crippen LogP contribution is 2.38. The number of halogens is 1. The van der Waals surface area contributed by atoms with Crippen LogP contribution in [0.4, 0.5) is 21.5 Å². The topological polar surface area (TPSA) is 190 Å². The van der Waals surface area contributed by atoms with Crippen molar-refractivity contribution in [2.45, 2.75) is 0 Å². The average Bonchev–Trinajstić information content (AvgIpc) is 3.95. The van der Waals surface area contributed by atoms with Crippen molar-refractivity contribution in [2.24, 2.45) is 0 Å². The molecule has 0 fully saturated rings. The molecule has 3 aromatic carbocycles. The van der Waals surface area contributed by atoms with Crippen molar-refractivity contribution in [3.63, 3.8) is 0 Å². The van der Waals surface area contributed by atoms with Crippen LogP contribution in [0.25, 0.3) is 78.6 Å². The summed E-state index contributed by atoms with van der Waals surface area (Å²) in [7, 11) is 0. The SMILES string of the molecule is O=[N+]([O-])c1cccc(-c2c3nc(c4ccc([nH]4)c(-c4cccc([N+](=O)[O-])c4)c4ccc([nH]4)c(-c4ccc(F)c([N+](=O)[O-])c4)c4ccc2[nH]4)C=C3)c1. The number of nitro benzene ring substituents is 3. The summed E-state index contributed by atoms with van der Waals surface area (Å²) < 4.78 is 14.6. The molecule has 0 spiro atoms. The average molecular weight is 680 g/mol. The Morgan fingerprint density at radius 2 is 0.941 bits per heavy atom. The minimum Gasteiger partial charge on any atom is -0.354 e. The molecule has 8 bridgehead atoms. The van der Waals surface area contributed by atoms with Gasteiger partial charge >= 0.3 is 5.69 Å². The standard InChI is InChI=1S/C37H22FN7O6/c38-25-8-7-22(19-34(25)45(50)51)37-32-15-13-30(41-32)35(20-3-1-5-23(17-20)43(46)47)28-11-9-26(39-28)27-10-12-29(40-27)36(31-14-16-33(37)42-31)21-4-2-6-24(18-21)44(48)49/h1-19,39,41-42H. The second-order valence-corrected chi connectivity index (χ2v) is 11.7. The highest BCUT2D eigenvalue weighted by molar-refractivity contribution is 6.00. The van der Waals surface area contributed by atoms with Crippen molar-refractivity contribution in [3.05, 3.63) is 151 Å². The van der Waals surface area contributed by atoms with Crippen LogP contribution >= 0.6 is 0 Å². The van der Waals surface area contributed by atoms with Gasteiger partial charge in [-0.1, -0.05) is 30.3 Å². The monoisotopic (exact) mass is 679 g/mol. The summed E-state index contributed by atoms with van der Waals surface area (Å²) in [6.07, 6.45) is 3.61. The third-order valence-electron chi connectivity index (χ3n) is 8.70. The van der Waals surface area contributed by atoms with Gasteiger partial charge in [-0.05, 0) is 71.3 Å². The number of hydrogen-bond donors (Lipinski definition) is 3. The Morgan fingerprint density at radius 1 is 0.490 bits per heavy atom. The van der Waals surface area contributed by atoms with Gasteiger partial charge in [-0.15, -0.1) is 0 Å². The number of hydrogen-bond acceptors (Lipinski definition) is 7. The van der Waals surface area contributed by atoms with Gasteiger partial charge in [0, 0.05) is 74.6 Å². The maximum Gasteiger partial charge on any atom is 0.305 e. The van der Waals surface area contributed by atoms with Crippen LogP contribution in [0.15, 0.2) is 103 Å². The molecule has 0 aliphatic carbocycles. The van der Waals surface area contributed by atoms with Gasteiger partial charge in [-0.25, -0.2) is 4.98 Å². The number of benzene rings is 3. The predicted molar refractivity (Wildman–Crippen MR) is 191 cm³/mol. The Labute approximate surface area is 285 Å². The third kappa shape index (κ3) is 5.42. The third-order valence-corrected chi connectivity index (χ3v) is 8.70. The first kappa shape index (κ1) is 30.8. The predicted octanol–water partition coefficient (Wildman–Crippen LogP) is 9.56. The molecule has 0 radical (unpaired) electrons. The van der Waals surface area contributed by atoms with Gasteiger partial charge in [0.1, 0.15) is 0 Å². The van der Waals surface area contributed by atoms with E-state index >= 15 is 0 Å². The zero-order valence-corrected chi connectivity index (χ0v) is 26.1. The number of rotatable bonds is 6. The molecule has 14 heteroatoms. The Kier molecular flexibility index (Phi) is 7.19. The second kappa shape index (κ2) is 11.9. The minimum atomic E-state index is -0.996. The van der Waals surface area contributed by atoms with E-state index in [-0.39, 0.29) is 11.4 Å². The molecular formula is C37H22FN7O6. The Bertz CT molecular complexity index is 2780. The van der Waals surface area contributed by atoms with Crippen LogP contribution < -0.4 is 0 Å². The number of nitrogens with one attached hydrogen (secondary N) is 3. The molecule has 0 atom stereocenters. The number of H-pyrrole nitrogens is 3. The number of aromatic amines is 3. The lowest BCUT2D eigenvalue weighted by atomic mass is 10.0. The molecule has 7 aromatic rings. The van der Waals surface area contributed by atoms with E-state index in [2.05, 4.69) is 15.0 Å². The molecule has 13 nitrogen and oxygen atoms in total. The van der Waals surface area contributed by atoms with Crippen LogP contribution in [-0.4, -0.2) is 34.7 Å². The molecular weight excluding hydrogens is 657 g/mol. The van der Waals surface area contributed by atoms with E-state index in [0.717, 1.165) is 12.1 Å². The van der Waals surface area contributed by atoms with E-state index < -0.39 is 26.3 Å². The summed E-state index contributed by atoms with van der Waals surface area (Å²) in [5.41, 5.74) is 6.48. The van der Waals surface area contributed by atoms with Gasteiger partial charge in [0.15, 0.2) is 0 Å². The molecule has 51 heavy (non-hydrogen) atoms. The molecule has 3 N–H and O–H groups in total. The van der Waals surface area contributed by atoms with Crippen molar-refractivity contribution in [3.8, 4) is 33.4 Å². The summed E-state index contributed by atoms with van der Waals surface area (Å²) >= 11 is 0. The van der Waals surface area contributed by atoms with E-state index in [0.29, 0.717) is 77.9 Å². The molecule has 8 rings (SSSR count). The van der Waals surface area contributed by atoms with Gasteiger partial charge in [-0.3, -0.25) is 30.3 Å². The van der Waals surface area contributed by atoms with Crippen molar-refractivity contribution in [1.29, 1.82) is 0 Å². The zero-order chi connectivity index (χ0) is 35.4. The Morgan fingerprint density at radius 3 is 1.47 bits per heavy atom. The van der Waals surface area contributed by atoms with E-state index in [1.807, 2.05) is 18.2 Å². The Hall–Kier alpha value is -7.48. The van der Waals surface area contributed by atoms with Crippen molar-refractivity contribution in [2.75, 3.05) is 0 Å². The largest absolute Gasteiger partial charge is 0.354 e. The van der Waals surface area contributed by atoms with Crippen LogP contribution in [0.2, 0.25) is 0 Å². The quantitative estimate of drug-likeness (QED) is 0.115. The van der Waals surface area contributed by atoms with E-state index in [1.165, 1.54) is 30.3 Å². The summed E-state index contributed by atoms with van der Waals surface area (Å²) in [5, 5.41) is 35.3. The minimum absolute atomic E-state index is 0.106. The number of aromatic nitrogens is 4. The van der Waals surface area contributed by atoms with Crippen molar-refractivity contribution < 1.29 is 19.2 Å². The lowest BCUT2D eigenvalue weighted by Gasteiger charge is -2.06. The van der Waals surface area contributed by atoms with E-state index in [1.54, 1.807) is 54.6 Å². The molecule has 1 aliphatic heterocycles. The molecule has 4 aromatic heterocycles. The van der Waals surface area contributed by atoms with Crippen LogP contribution in [0.3, 0.4) is 0 Å². The first-order valence-corrected chi connectivity index (χ1v) is 15.4. The van der Waals surface area contributed by atoms with Gasteiger partial charge in [0.25, 0.3) is 11.4 Å². The zero-order valence-electron chi connectivity index (χ0n) is 26.1. The van der Waals surface area contributed by atoms with E-state index in [9.17, 15) is 34.7 Å². The van der Waals surface area contributed by atoms with Gasteiger partial charge < -0.3 is 15.0 Å². The van der Waals surface area contributed by atoms with E-state index in [4.69, 9.17) is 4.98 Å². The normalized spacial score (nSPS) is 11.6. The smallest absolute Gasteiger partial charge is 0.305 e. The fraction of sp³-hybridized carbons (Fsp3) is 0. The van der Waals surface area contributed by atoms with Crippen molar-refractivity contribution in [1.82, 2.24) is 19.9 Å². The maximum absolute atomic E-state index is 14.6. The van der Waals surface area contributed by atoms with Crippen LogP contribution in [0.1, 0.15) is 11.4 Å². The number of nitrogens with zero attached hydrogens (tertiary/aromatic N) is 4. The van der Waals surface area contributed by atoms with Gasteiger partial charge in [0.05, 0.1) is 31.7 Å². The van der Waals surface area contributed by atoms with Gasteiger partial charge in [-0.2, -0.15) is 4.39 Å². The molecule has 5 heterocycles. The maximum atomic E-state index is 14.6. The van der Waals surface area contributed by atoms with Crippen LogP contribution in [0, 0.1) is 36.2 Å². The summed E-state index contributed by atoms with van der Waals surface area (Å²) in [5.74, 6) is -0.996. The van der Waals surface area contributed by atoms with Crippen molar-refractivity contribution >= 4 is 62.3 Å². The molecule has 0 saturated heterocycles. The van der Waals surface area contributed by atoms with Crippen LogP contribution in [0.5, 0.6) is 0 Å². The molecule has 0 saturated carbocycles. The van der Waals surface area contributed by atoms with Crippen LogP contribution in [-0.2, 0) is 0 Å². The number of fused-ring (bicyclic) bond motifs is 9. The van der Waals surface area contributed by atoms with Gasteiger partial charge in [0.2, 0.25) is 5.82 Å². The summed E-state index contributed by atoms with van der Waals surface area (Å²) in [4.78, 5) is 48.7. The molecule has 0 unspecified atom stereocenters. The molecule has 0 amide bonds. The number of non-ortho nitro benzene ring substituents is 2. The Balaban J connectivity index is 1.55. The highest BCUT2D eigenvalue weighted by atomic mass is 19.1. The first-order chi connectivity index (χ1) is 24.6. The highest BCUT2D eigenvalue weighted by Gasteiger charge is 2.20. The summed E-state index contributed by atoms with van der Waals surface area (Å²) in [6.45, 7) is 0. The lowest BCUT2D eigenvalue weighted by Crippen LogP contribution is -1.93. The fourth-order valence-electron chi connectivity index (χ4n) is 6.43. The number of nitro groups is 3. The molecule has 248 valence electrons. The molecule has 1 aliphatic rings. The fourth-order valence-corrected chi connectivity index (χ4v) is 6.43. The second-order valence-electron chi connectivity index (χ2n) is 11.7. The summed E-state index contributed by atoms with van der Waals surface area (Å²) in [6, 6.07) is 26.8. The first-order valence-electron chi connectivity index (χ1n) is 15.4.